The van der Waals surface area contributed by atoms with Gasteiger partial charge in [0.05, 0.1) is 12.1 Å². The van der Waals surface area contributed by atoms with E-state index < -0.39 is 5.92 Å². The van der Waals surface area contributed by atoms with Crippen LogP contribution in [0.15, 0.2) is 0 Å². The molecule has 0 bridgehead atoms. The van der Waals surface area contributed by atoms with Crippen molar-refractivity contribution in [3.63, 3.8) is 0 Å². The third-order valence-electron chi connectivity index (χ3n) is 1.64. The normalized spacial score (nSPS) is 11.7. The number of nitriles is 2. The minimum absolute atomic E-state index is 0.181. The van der Waals surface area contributed by atoms with E-state index in [0.717, 1.165) is 0 Å². The number of ketones is 1. The highest BCUT2D eigenvalue weighted by atomic mass is 16.1. The molecule has 0 saturated carbocycles. The molecule has 0 saturated heterocycles. The van der Waals surface area contributed by atoms with Gasteiger partial charge in [0.25, 0.3) is 0 Å². The Hall–Kier alpha value is -1.35. The van der Waals surface area contributed by atoms with Crippen LogP contribution in [0.25, 0.3) is 0 Å². The molecule has 0 aliphatic heterocycles. The Morgan fingerprint density at radius 2 is 1.91 bits per heavy atom. The van der Waals surface area contributed by atoms with Crippen LogP contribution in [0.2, 0.25) is 0 Å². The fourth-order valence-electron chi connectivity index (χ4n) is 0.642. The molecule has 1 unspecified atom stereocenters. The van der Waals surface area contributed by atoms with Crippen molar-refractivity contribution in [2.75, 3.05) is 0 Å². The van der Waals surface area contributed by atoms with Crippen molar-refractivity contribution >= 4 is 5.78 Å². The predicted molar refractivity (Wildman–Crippen MR) is 39.2 cm³/mol. The van der Waals surface area contributed by atoms with Gasteiger partial charge in [0.1, 0.15) is 0 Å². The summed E-state index contributed by atoms with van der Waals surface area (Å²) in [5.74, 6) is -1.53. The standard InChI is InChI=1S/C8H10N2O/c1-3-6(2)8(11)7(4-9)5-10/h6-7H,3H2,1-2H3. The van der Waals surface area contributed by atoms with E-state index in [1.165, 1.54) is 0 Å². The van der Waals surface area contributed by atoms with E-state index in [0.29, 0.717) is 6.42 Å². The molecular formula is C8H10N2O. The van der Waals surface area contributed by atoms with Crippen LogP contribution in [0.5, 0.6) is 0 Å². The molecular weight excluding hydrogens is 140 g/mol. The molecule has 0 radical (unpaired) electrons. The van der Waals surface area contributed by atoms with Crippen LogP contribution in [-0.4, -0.2) is 5.78 Å². The van der Waals surface area contributed by atoms with Gasteiger partial charge in [-0.15, -0.1) is 0 Å². The smallest absolute Gasteiger partial charge is 0.191 e. The fourth-order valence-corrected chi connectivity index (χ4v) is 0.642. The molecule has 3 nitrogen and oxygen atoms in total. The number of hydrogen-bond donors (Lipinski definition) is 0. The van der Waals surface area contributed by atoms with Gasteiger partial charge in [-0.25, -0.2) is 0 Å². The lowest BCUT2D eigenvalue weighted by atomic mass is 9.94. The molecule has 0 aliphatic rings. The molecule has 0 aromatic heterocycles. The van der Waals surface area contributed by atoms with Crippen LogP contribution in [0, 0.1) is 34.5 Å². The first-order chi connectivity index (χ1) is 5.17. The van der Waals surface area contributed by atoms with E-state index in [-0.39, 0.29) is 11.7 Å². The summed E-state index contributed by atoms with van der Waals surface area (Å²) in [6.07, 6.45) is 0.679. The minimum Gasteiger partial charge on any atom is -0.297 e. The summed E-state index contributed by atoms with van der Waals surface area (Å²) in [6.45, 7) is 3.58. The second-order valence-electron chi connectivity index (χ2n) is 2.40. The Morgan fingerprint density at radius 3 is 2.18 bits per heavy atom. The zero-order chi connectivity index (χ0) is 8.85. The zero-order valence-electron chi connectivity index (χ0n) is 6.66. The number of carbonyl (C=O) groups excluding carboxylic acids is 1. The SMILES string of the molecule is CCC(C)C(=O)C(C#N)C#N. The molecule has 0 fully saturated rings. The van der Waals surface area contributed by atoms with Gasteiger partial charge in [-0.1, -0.05) is 13.8 Å². The van der Waals surface area contributed by atoms with Crippen molar-refractivity contribution in [3.05, 3.63) is 0 Å². The first kappa shape index (κ1) is 9.65. The van der Waals surface area contributed by atoms with Crippen LogP contribution >= 0.6 is 0 Å². The lowest BCUT2D eigenvalue weighted by Gasteiger charge is -2.05. The maximum absolute atomic E-state index is 11.1. The van der Waals surface area contributed by atoms with Gasteiger partial charge in [-0.2, -0.15) is 10.5 Å². The fraction of sp³-hybridized carbons (Fsp3) is 0.625. The lowest BCUT2D eigenvalue weighted by molar-refractivity contribution is -0.123. The van der Waals surface area contributed by atoms with E-state index in [4.69, 9.17) is 10.5 Å². The summed E-state index contributed by atoms with van der Waals surface area (Å²) < 4.78 is 0. The molecule has 0 heterocycles. The average molecular weight is 150 g/mol. The highest BCUT2D eigenvalue weighted by Crippen LogP contribution is 2.08. The monoisotopic (exact) mass is 150 g/mol. The number of carbonyl (C=O) groups is 1. The maximum Gasteiger partial charge on any atom is 0.191 e. The second-order valence-corrected chi connectivity index (χ2v) is 2.40. The van der Waals surface area contributed by atoms with Crippen molar-refractivity contribution in [3.8, 4) is 12.1 Å². The Kier molecular flexibility index (Phi) is 3.92. The van der Waals surface area contributed by atoms with Crippen LogP contribution in [0.1, 0.15) is 20.3 Å². The summed E-state index contributed by atoms with van der Waals surface area (Å²) in [6, 6.07) is 3.31. The molecule has 58 valence electrons. The second kappa shape index (κ2) is 4.46. The van der Waals surface area contributed by atoms with Crippen LogP contribution in [-0.2, 0) is 4.79 Å². The van der Waals surface area contributed by atoms with Gasteiger partial charge in [0.15, 0.2) is 11.7 Å². The van der Waals surface area contributed by atoms with E-state index in [1.54, 1.807) is 19.1 Å². The van der Waals surface area contributed by atoms with Crippen LogP contribution in [0.4, 0.5) is 0 Å². The van der Waals surface area contributed by atoms with E-state index in [1.807, 2.05) is 6.92 Å². The Labute approximate surface area is 66.2 Å². The van der Waals surface area contributed by atoms with E-state index in [9.17, 15) is 4.79 Å². The quantitative estimate of drug-likeness (QED) is 0.608. The van der Waals surface area contributed by atoms with Crippen molar-refractivity contribution < 1.29 is 4.79 Å². The van der Waals surface area contributed by atoms with Crippen LogP contribution in [0.3, 0.4) is 0 Å². The van der Waals surface area contributed by atoms with Gasteiger partial charge < -0.3 is 0 Å². The van der Waals surface area contributed by atoms with Crippen molar-refractivity contribution in [2.24, 2.45) is 11.8 Å². The number of hydrogen-bond acceptors (Lipinski definition) is 3. The van der Waals surface area contributed by atoms with E-state index in [2.05, 4.69) is 0 Å². The molecule has 0 aromatic carbocycles. The van der Waals surface area contributed by atoms with E-state index >= 15 is 0 Å². The zero-order valence-corrected chi connectivity index (χ0v) is 6.66. The third-order valence-corrected chi connectivity index (χ3v) is 1.64. The van der Waals surface area contributed by atoms with Gasteiger partial charge in [-0.3, -0.25) is 4.79 Å². The van der Waals surface area contributed by atoms with Gasteiger partial charge in [-0.05, 0) is 6.42 Å². The molecule has 3 heteroatoms. The van der Waals surface area contributed by atoms with Crippen LogP contribution < -0.4 is 0 Å². The largest absolute Gasteiger partial charge is 0.297 e. The molecule has 0 spiro atoms. The topological polar surface area (TPSA) is 64.7 Å². The van der Waals surface area contributed by atoms with Gasteiger partial charge >= 0.3 is 0 Å². The maximum atomic E-state index is 11.1. The summed E-state index contributed by atoms with van der Waals surface area (Å²) in [7, 11) is 0. The Balaban J connectivity index is 4.27. The van der Waals surface area contributed by atoms with Crippen molar-refractivity contribution in [1.29, 1.82) is 10.5 Å². The number of Topliss-reactive ketones (excluding diaryl/α,β-unsaturated/α-hetero) is 1. The molecule has 0 aromatic rings. The molecule has 0 N–H and O–H groups in total. The predicted octanol–water partition coefficient (Wildman–Crippen LogP) is 1.26. The van der Waals surface area contributed by atoms with Crippen molar-refractivity contribution in [2.45, 2.75) is 20.3 Å². The summed E-state index contributed by atoms with van der Waals surface area (Å²) in [4.78, 5) is 11.1. The molecule has 11 heavy (non-hydrogen) atoms. The van der Waals surface area contributed by atoms with Crippen molar-refractivity contribution in [1.82, 2.24) is 0 Å². The lowest BCUT2D eigenvalue weighted by Crippen LogP contribution is -2.18. The Bertz CT molecular complexity index is 207. The highest BCUT2D eigenvalue weighted by Gasteiger charge is 2.21. The third kappa shape index (κ3) is 2.39. The highest BCUT2D eigenvalue weighted by molar-refractivity contribution is 5.87. The molecule has 1 atom stereocenters. The summed E-state index contributed by atoms with van der Waals surface area (Å²) in [5.41, 5.74) is 0. The number of nitrogens with zero attached hydrogens (tertiary/aromatic N) is 2. The summed E-state index contributed by atoms with van der Waals surface area (Å²) in [5, 5.41) is 16.7. The summed E-state index contributed by atoms with van der Waals surface area (Å²) >= 11 is 0. The Morgan fingerprint density at radius 1 is 1.45 bits per heavy atom. The average Bonchev–Trinajstić information content (AvgIpc) is 2.05. The molecule has 0 rings (SSSR count). The first-order valence-electron chi connectivity index (χ1n) is 3.50. The molecule has 0 amide bonds. The minimum atomic E-state index is -1.08. The molecule has 0 aliphatic carbocycles. The van der Waals surface area contributed by atoms with Gasteiger partial charge in [0.2, 0.25) is 0 Å². The number of rotatable bonds is 3. The first-order valence-corrected chi connectivity index (χ1v) is 3.50. The van der Waals surface area contributed by atoms with Gasteiger partial charge in [0, 0.05) is 5.92 Å².